The maximum atomic E-state index is 13.1. The van der Waals surface area contributed by atoms with Gasteiger partial charge in [0.15, 0.2) is 12.0 Å². The van der Waals surface area contributed by atoms with Crippen molar-refractivity contribution in [3.8, 4) is 62.0 Å². The second-order valence-electron chi connectivity index (χ2n) is 23.8. The lowest BCUT2D eigenvalue weighted by atomic mass is 10.0. The van der Waals surface area contributed by atoms with Crippen LogP contribution in [0.3, 0.4) is 0 Å². The Balaban J connectivity index is 0.948. The standard InChI is InChI=1S/C81H53N9/c82-50-63-78(86-68-35-19-15-31-61(68)62-32-16-20-36-69(62)86)77(87-70-43-39-57(53-25-9-3-10-26-53)47-74(70)88-72-45-55(51-21-5-1-6-22-51)37-41-64(72)83-80(87)88)49-76(85-66-33-17-13-29-59(66)60-30-14-18-34-67(60)85)79(63)90-71-44-40-58(54-27-11-4-12-28-54)48-75(71)89-73-46-56(52-23-7-2-8-24-52)38-42-65(73)84-81(89)90/h1-49,80-81,83-84H/p+1. The molecule has 0 saturated carbocycles. The summed E-state index contributed by atoms with van der Waals surface area (Å²) in [4.78, 5) is 9.95. The van der Waals surface area contributed by atoms with E-state index in [1.807, 2.05) is 0 Å². The number of hydrogen-bond donors (Lipinski definition) is 2. The number of anilines is 9. The van der Waals surface area contributed by atoms with Crippen LogP contribution in [-0.2, 0) is 0 Å². The zero-order valence-corrected chi connectivity index (χ0v) is 48.7. The molecule has 15 aromatic rings. The average molecular weight is 1150 g/mol. The van der Waals surface area contributed by atoms with Crippen molar-refractivity contribution in [1.29, 1.82) is 5.26 Å². The van der Waals surface area contributed by atoms with Crippen molar-refractivity contribution in [2.45, 2.75) is 12.6 Å². The van der Waals surface area contributed by atoms with E-state index in [2.05, 4.69) is 343 Å². The number of para-hydroxylation sites is 4. The van der Waals surface area contributed by atoms with Gasteiger partial charge in [0.1, 0.15) is 17.3 Å². The molecule has 9 heteroatoms. The Morgan fingerprint density at radius 2 is 0.700 bits per heavy atom. The van der Waals surface area contributed by atoms with E-state index in [0.717, 1.165) is 156 Å². The Kier molecular flexibility index (Phi) is 10.8. The Morgan fingerprint density at radius 3 is 1.20 bits per heavy atom. The number of nitriles is 1. The summed E-state index contributed by atoms with van der Waals surface area (Å²) < 4.78 is 4.83. The number of benzene rings is 13. The van der Waals surface area contributed by atoms with Gasteiger partial charge >= 0.3 is 0 Å². The zero-order chi connectivity index (χ0) is 59.1. The molecular formula is C81H54N9+. The molecule has 4 aliphatic rings. The second kappa shape index (κ2) is 19.5. The summed E-state index contributed by atoms with van der Waals surface area (Å²) in [7, 11) is 0. The van der Waals surface area contributed by atoms with Crippen LogP contribution in [0.5, 0.6) is 0 Å². The van der Waals surface area contributed by atoms with Crippen LogP contribution in [0.1, 0.15) is 5.56 Å². The van der Waals surface area contributed by atoms with Gasteiger partial charge in [-0.1, -0.05) is 212 Å². The summed E-state index contributed by atoms with van der Waals surface area (Å²) in [5, 5.41) is 24.1. The Morgan fingerprint density at radius 1 is 0.300 bits per heavy atom. The summed E-state index contributed by atoms with van der Waals surface area (Å²) in [6.07, 6.45) is -0.842. The van der Waals surface area contributed by atoms with Gasteiger partial charge in [-0.2, -0.15) is 5.26 Å². The molecule has 6 heterocycles. The van der Waals surface area contributed by atoms with Gasteiger partial charge in [0, 0.05) is 27.6 Å². The summed E-state index contributed by atoms with van der Waals surface area (Å²) in [5.41, 5.74) is 25.4. The molecule has 0 saturated heterocycles. The van der Waals surface area contributed by atoms with Crippen LogP contribution >= 0.6 is 0 Å². The van der Waals surface area contributed by atoms with Gasteiger partial charge in [-0.3, -0.25) is 24.9 Å². The second-order valence-corrected chi connectivity index (χ2v) is 23.8. The van der Waals surface area contributed by atoms with Crippen LogP contribution in [0.4, 0.5) is 56.9 Å². The Hall–Kier alpha value is -12.1. The number of nitrogens with one attached hydrogen (secondary N) is 1. The molecule has 2 aromatic heterocycles. The molecule has 0 fully saturated rings. The van der Waals surface area contributed by atoms with E-state index in [1.165, 1.54) is 0 Å². The lowest BCUT2D eigenvalue weighted by Crippen LogP contribution is -2.87. The van der Waals surface area contributed by atoms with Crippen LogP contribution < -0.4 is 30.2 Å². The molecule has 2 unspecified atom stereocenters. The third-order valence-corrected chi connectivity index (χ3v) is 19.1. The maximum absolute atomic E-state index is 13.1. The molecule has 13 aromatic carbocycles. The number of rotatable bonds is 8. The predicted octanol–water partition coefficient (Wildman–Crippen LogP) is 19.2. The average Bonchev–Trinajstić information content (AvgIpc) is 1.58. The lowest BCUT2D eigenvalue weighted by Gasteiger charge is -2.34. The fourth-order valence-electron chi connectivity index (χ4n) is 15.1. The number of nitrogens with two attached hydrogens (primary N) is 1. The van der Waals surface area contributed by atoms with Crippen molar-refractivity contribution in [3.63, 3.8) is 0 Å². The molecule has 0 bridgehead atoms. The molecule has 0 spiro atoms. The molecular weight excluding hydrogens is 1100 g/mol. The van der Waals surface area contributed by atoms with Crippen LogP contribution in [0.15, 0.2) is 297 Å². The van der Waals surface area contributed by atoms with Gasteiger partial charge in [-0.05, 0) is 123 Å². The minimum Gasteiger partial charge on any atom is -0.346 e. The number of nitrogens with zero attached hydrogens (tertiary/aromatic N) is 7. The monoisotopic (exact) mass is 1150 g/mol. The van der Waals surface area contributed by atoms with Gasteiger partial charge in [-0.15, -0.1) is 0 Å². The normalized spacial score (nSPS) is 15.1. The molecule has 0 aliphatic carbocycles. The Bertz CT molecular complexity index is 5390. The largest absolute Gasteiger partial charge is 0.346 e. The van der Waals surface area contributed by atoms with E-state index < -0.39 is 6.29 Å². The first-order valence-corrected chi connectivity index (χ1v) is 30.8. The van der Waals surface area contributed by atoms with E-state index in [1.54, 1.807) is 0 Å². The van der Waals surface area contributed by atoms with Crippen molar-refractivity contribution in [3.05, 3.63) is 303 Å². The minimum atomic E-state index is -0.501. The fourth-order valence-corrected chi connectivity index (χ4v) is 15.1. The highest BCUT2D eigenvalue weighted by atomic mass is 15.6. The van der Waals surface area contributed by atoms with Crippen molar-refractivity contribution in [2.24, 2.45) is 0 Å². The van der Waals surface area contributed by atoms with Crippen molar-refractivity contribution < 1.29 is 5.32 Å². The molecule has 2 atom stereocenters. The highest BCUT2D eigenvalue weighted by molar-refractivity contribution is 6.14. The van der Waals surface area contributed by atoms with Gasteiger partial charge in [-0.25, -0.2) is 0 Å². The summed E-state index contributed by atoms with van der Waals surface area (Å²) >= 11 is 0. The van der Waals surface area contributed by atoms with E-state index in [-0.39, 0.29) is 6.29 Å². The summed E-state index contributed by atoms with van der Waals surface area (Å²) in [6, 6.07) is 111. The molecule has 9 nitrogen and oxygen atoms in total. The first-order chi connectivity index (χ1) is 44.6. The molecule has 0 radical (unpaired) electrons. The lowest BCUT2D eigenvalue weighted by molar-refractivity contribution is -0.596. The highest BCUT2D eigenvalue weighted by Gasteiger charge is 2.51. The first kappa shape index (κ1) is 50.1. The van der Waals surface area contributed by atoms with Crippen molar-refractivity contribution in [2.75, 3.05) is 24.9 Å². The van der Waals surface area contributed by atoms with Crippen LogP contribution in [0.25, 0.3) is 99.5 Å². The maximum Gasteiger partial charge on any atom is 0.256 e. The van der Waals surface area contributed by atoms with Crippen LogP contribution in [0.2, 0.25) is 0 Å². The predicted molar refractivity (Wildman–Crippen MR) is 369 cm³/mol. The minimum absolute atomic E-state index is 0.341. The van der Waals surface area contributed by atoms with Crippen LogP contribution in [-0.4, -0.2) is 21.7 Å². The quantitative estimate of drug-likeness (QED) is 0.148. The zero-order valence-electron chi connectivity index (χ0n) is 48.7. The van der Waals surface area contributed by atoms with E-state index in [4.69, 9.17) is 0 Å². The number of fused-ring (bicyclic) bond motifs is 16. The number of quaternary nitrogens is 1. The van der Waals surface area contributed by atoms with E-state index in [9.17, 15) is 5.26 Å². The smallest absolute Gasteiger partial charge is 0.256 e. The molecule has 19 rings (SSSR count). The van der Waals surface area contributed by atoms with E-state index in [0.29, 0.717) is 5.56 Å². The van der Waals surface area contributed by atoms with Gasteiger partial charge in [0.2, 0.25) is 0 Å². The summed E-state index contributed by atoms with van der Waals surface area (Å²) in [6.45, 7) is 0. The first-order valence-electron chi connectivity index (χ1n) is 30.8. The van der Waals surface area contributed by atoms with E-state index >= 15 is 0 Å². The third kappa shape index (κ3) is 7.28. The molecule has 422 valence electrons. The third-order valence-electron chi connectivity index (χ3n) is 19.1. The molecule has 90 heavy (non-hydrogen) atoms. The SMILES string of the molecule is N#Cc1c(N2c3ccc(-c4ccccc4)cc3N3c4cc(-c5ccccc5)ccc4NC32)c(-n2c3ccccc3c3ccccc32)cc(N2c3ccc(-c4ccccc4)cc3N3c4cc(-c5ccccc5)ccc4[NH2+]C32)c1-n1c2ccccc2c2ccccc21. The summed E-state index contributed by atoms with van der Waals surface area (Å²) in [5.74, 6) is 0. The van der Waals surface area contributed by atoms with Crippen LogP contribution in [0, 0.1) is 11.3 Å². The highest BCUT2D eigenvalue weighted by Crippen LogP contribution is 2.60. The Labute approximate surface area is 519 Å². The molecule has 4 aliphatic heterocycles. The van der Waals surface area contributed by atoms with Crippen molar-refractivity contribution >= 4 is 100 Å². The fraction of sp³-hybridized carbons (Fsp3) is 0.0247. The van der Waals surface area contributed by atoms with Gasteiger partial charge in [0.25, 0.3) is 6.29 Å². The number of hydrogen-bond acceptors (Lipinski definition) is 6. The molecule has 3 N–H and O–H groups in total. The number of aromatic nitrogens is 2. The molecule has 0 amide bonds. The van der Waals surface area contributed by atoms with Gasteiger partial charge in [0.05, 0.1) is 78.9 Å². The topological polar surface area (TPSA) is 75.2 Å². The van der Waals surface area contributed by atoms with Gasteiger partial charge < -0.3 is 14.5 Å². The van der Waals surface area contributed by atoms with Crippen molar-refractivity contribution in [1.82, 2.24) is 9.13 Å².